The molecule has 0 bridgehead atoms. The number of non-ortho nitro benzene ring substituents is 1. The number of amides is 1. The molecule has 7 aromatic carbocycles. The number of carbonyl (C=O) groups excluding carboxylic acids is 3. The summed E-state index contributed by atoms with van der Waals surface area (Å²) >= 11 is 7.07. The highest BCUT2D eigenvalue weighted by molar-refractivity contribution is 8.12. The van der Waals surface area contributed by atoms with E-state index in [4.69, 9.17) is 26.6 Å². The van der Waals surface area contributed by atoms with Crippen LogP contribution in [0.4, 0.5) is 5.69 Å². The van der Waals surface area contributed by atoms with Gasteiger partial charge in [0.15, 0.2) is 10.3 Å². The number of hydrogen-bond donors (Lipinski definition) is 1. The van der Waals surface area contributed by atoms with Gasteiger partial charge in [0, 0.05) is 32.9 Å². The lowest BCUT2D eigenvalue weighted by Crippen LogP contribution is -2.72. The molecule has 1 amide bonds. The van der Waals surface area contributed by atoms with Gasteiger partial charge in [-0.05, 0) is 50.3 Å². The number of nitro groups is 1. The van der Waals surface area contributed by atoms with E-state index in [2.05, 4.69) is 10.1 Å². The minimum atomic E-state index is -3.60. The van der Waals surface area contributed by atoms with Crippen LogP contribution in [0.25, 0.3) is 0 Å². The average molecular weight is 985 g/mol. The van der Waals surface area contributed by atoms with Gasteiger partial charge in [-0.1, -0.05) is 187 Å². The van der Waals surface area contributed by atoms with Crippen LogP contribution in [0.2, 0.25) is 0 Å². The first-order chi connectivity index (χ1) is 34.0. The Hall–Kier alpha value is -7.51. The number of nitro benzene ring substituents is 1. The molecule has 0 spiro atoms. The van der Waals surface area contributed by atoms with Gasteiger partial charge in [0.2, 0.25) is 17.6 Å². The van der Waals surface area contributed by atoms with Crippen molar-refractivity contribution in [2.45, 2.75) is 35.5 Å². The summed E-state index contributed by atoms with van der Waals surface area (Å²) in [5.74, 6) is -3.46. The first-order valence-corrected chi connectivity index (χ1v) is 25.3. The minimum absolute atomic E-state index is 0.0179. The number of likely N-dealkylation sites (tertiary alicyclic amines) is 1. The predicted octanol–water partition coefficient (Wildman–Crippen LogP) is 9.53. The second kappa shape index (κ2) is 20.2. The summed E-state index contributed by atoms with van der Waals surface area (Å²) in [5, 5.41) is 18.0. The van der Waals surface area contributed by atoms with Gasteiger partial charge in [0.25, 0.3) is 5.69 Å². The largest absolute Gasteiger partial charge is 0.456 e. The van der Waals surface area contributed by atoms with Crippen LogP contribution in [0.1, 0.15) is 47.0 Å². The number of aromatic nitrogens is 2. The fourth-order valence-corrected chi connectivity index (χ4v) is 16.3. The number of β-lactam (4-membered cyclic amide) rings is 1. The molecule has 0 radical (unpaired) electrons. The zero-order chi connectivity index (χ0) is 48.9. The first kappa shape index (κ1) is 47.6. The van der Waals surface area contributed by atoms with Gasteiger partial charge in [0.05, 0.1) is 9.67 Å². The number of benzene rings is 7. The van der Waals surface area contributed by atoms with Gasteiger partial charge in [-0.3, -0.25) is 24.6 Å². The molecule has 1 aromatic heterocycles. The van der Waals surface area contributed by atoms with Crippen molar-refractivity contribution in [2.24, 2.45) is 5.92 Å². The molecular weight excluding hydrogens is 940 g/mol. The van der Waals surface area contributed by atoms with Crippen molar-refractivity contribution in [2.75, 3.05) is 0 Å². The third-order valence-electron chi connectivity index (χ3n) is 12.1. The van der Waals surface area contributed by atoms with Crippen LogP contribution in [0.3, 0.4) is 0 Å². The van der Waals surface area contributed by atoms with Crippen molar-refractivity contribution in [3.8, 4) is 0 Å². The fraction of sp³-hybridized carbons (Fsp3) is 0.127. The monoisotopic (exact) mass is 984 g/mol. The van der Waals surface area contributed by atoms with Gasteiger partial charge in [0.1, 0.15) is 17.9 Å². The highest BCUT2D eigenvalue weighted by Gasteiger charge is 2.69. The standard InChI is InChI=1S/C55H45N4O8PS2/c1-38-56-50(57-67-38)49(66-39(2)60)48-51(61)58(55(48,69)70-54(41-21-9-3-10-22-41,42-23-11-4-12-24-42)43-25-13-5-14-26-43)52(53(62)65-37-40-33-35-44(36-34-40)59(63)64)68(45-27-15-6-16-28-45,46-29-17-7-18-30-46)47-31-19-8-20-32-47/h3-36,48-49,69H,37H2,1-2H3. The number of nitrogens with zero attached hydrogens (tertiary/aromatic N) is 4. The molecule has 1 fully saturated rings. The Kier molecular flexibility index (Phi) is 13.7. The van der Waals surface area contributed by atoms with Crippen molar-refractivity contribution in [1.82, 2.24) is 15.0 Å². The highest BCUT2D eigenvalue weighted by Crippen LogP contribution is 2.65. The number of esters is 2. The van der Waals surface area contributed by atoms with E-state index in [-0.39, 0.29) is 29.4 Å². The van der Waals surface area contributed by atoms with E-state index < -0.39 is 50.6 Å². The van der Waals surface area contributed by atoms with Crippen LogP contribution in [0.15, 0.2) is 211 Å². The maximum absolute atomic E-state index is 16.2. The molecule has 0 N–H and O–H groups in total. The Labute approximate surface area is 414 Å². The zero-order valence-electron chi connectivity index (χ0n) is 37.8. The Morgan fingerprint density at radius 3 is 1.56 bits per heavy atom. The smallest absolute Gasteiger partial charge is 0.356 e. The molecule has 3 atom stereocenters. The quantitative estimate of drug-likeness (QED) is 0.0144. The maximum Gasteiger partial charge on any atom is 0.356 e. The van der Waals surface area contributed by atoms with Crippen LogP contribution in [0, 0.1) is 23.0 Å². The SMILES string of the molecule is CC(=O)OC(c1noc(C)n1)C1C(=O)N(C(C(=O)OCc2ccc([N+](=O)[O-])cc2)=P(c2ccccc2)(c2ccccc2)c2ccccc2)C1(S)SC(c1ccccc1)(c1ccccc1)c1ccccc1. The van der Waals surface area contributed by atoms with E-state index in [0.29, 0.717) is 5.56 Å². The second-order valence-corrected chi connectivity index (χ2v) is 22.1. The molecule has 0 saturated carbocycles. The molecule has 8 aromatic rings. The van der Waals surface area contributed by atoms with Crippen LogP contribution in [-0.2, 0) is 35.2 Å². The van der Waals surface area contributed by atoms with E-state index in [9.17, 15) is 14.9 Å². The van der Waals surface area contributed by atoms with Gasteiger partial charge < -0.3 is 14.0 Å². The Morgan fingerprint density at radius 1 is 0.743 bits per heavy atom. The summed E-state index contributed by atoms with van der Waals surface area (Å²) in [7, 11) is 0. The van der Waals surface area contributed by atoms with E-state index in [0.717, 1.165) is 32.6 Å². The number of hydrogen-bond acceptors (Lipinski definition) is 12. The summed E-state index contributed by atoms with van der Waals surface area (Å²) in [6, 6.07) is 63.8. The van der Waals surface area contributed by atoms with Gasteiger partial charge in [-0.2, -0.15) is 4.98 Å². The third-order valence-corrected chi connectivity index (χ3v) is 18.8. The van der Waals surface area contributed by atoms with Crippen LogP contribution in [-0.4, -0.2) is 47.4 Å². The Morgan fingerprint density at radius 2 is 1.17 bits per heavy atom. The van der Waals surface area contributed by atoms with Gasteiger partial charge in [-0.25, -0.2) is 4.79 Å². The number of aryl methyl sites for hydroxylation is 1. The number of thiol groups is 1. The molecule has 12 nitrogen and oxygen atoms in total. The average Bonchev–Trinajstić information content (AvgIpc) is 3.84. The molecule has 15 heteroatoms. The Balaban J connectivity index is 1.41. The molecule has 70 heavy (non-hydrogen) atoms. The molecular formula is C55H45N4O8PS2. The summed E-state index contributed by atoms with van der Waals surface area (Å²) < 4.78 is 15.0. The van der Waals surface area contributed by atoms with Crippen molar-refractivity contribution in [1.29, 1.82) is 0 Å². The fourth-order valence-electron chi connectivity index (χ4n) is 9.10. The van der Waals surface area contributed by atoms with Gasteiger partial charge in [-0.15, -0.1) is 24.4 Å². The van der Waals surface area contributed by atoms with Crippen LogP contribution in [0.5, 0.6) is 0 Å². The minimum Gasteiger partial charge on any atom is -0.456 e. The first-order valence-electron chi connectivity index (χ1n) is 22.2. The number of thioether (sulfide) groups is 1. The lowest BCUT2D eigenvalue weighted by Gasteiger charge is -2.59. The predicted molar refractivity (Wildman–Crippen MR) is 275 cm³/mol. The number of ether oxygens (including phenoxy) is 2. The maximum atomic E-state index is 16.2. The van der Waals surface area contributed by atoms with E-state index in [1.807, 2.05) is 182 Å². The normalized spacial score (nSPS) is 16.1. The summed E-state index contributed by atoms with van der Waals surface area (Å²) in [5.41, 5.74) is 2.79. The van der Waals surface area contributed by atoms with Gasteiger partial charge >= 0.3 is 11.9 Å². The lowest BCUT2D eigenvalue weighted by molar-refractivity contribution is -0.384. The van der Waals surface area contributed by atoms with Crippen LogP contribution < -0.4 is 15.9 Å². The number of carbonyl (C=O) groups is 3. The summed E-state index contributed by atoms with van der Waals surface area (Å²) in [4.78, 5) is 62.7. The molecule has 2 heterocycles. The molecule has 9 rings (SSSR count). The zero-order valence-corrected chi connectivity index (χ0v) is 40.5. The third kappa shape index (κ3) is 8.74. The van der Waals surface area contributed by atoms with Crippen LogP contribution >= 0.6 is 31.3 Å². The molecule has 1 aliphatic heterocycles. The summed E-state index contributed by atoms with van der Waals surface area (Å²) in [6.07, 6.45) is -1.46. The molecule has 1 aliphatic rings. The van der Waals surface area contributed by atoms with E-state index in [1.54, 1.807) is 6.92 Å². The summed E-state index contributed by atoms with van der Waals surface area (Å²) in [6.45, 7) is -1.08. The van der Waals surface area contributed by atoms with Crippen molar-refractivity contribution >= 4 is 76.1 Å². The molecule has 350 valence electrons. The second-order valence-electron chi connectivity index (χ2n) is 16.4. The molecule has 1 saturated heterocycles. The Bertz CT molecular complexity index is 3010. The highest BCUT2D eigenvalue weighted by atomic mass is 32.2. The lowest BCUT2D eigenvalue weighted by atomic mass is 9.84. The van der Waals surface area contributed by atoms with E-state index >= 15 is 9.59 Å². The van der Waals surface area contributed by atoms with Crippen molar-refractivity contribution < 1.29 is 33.3 Å². The van der Waals surface area contributed by atoms with E-state index in [1.165, 1.54) is 47.9 Å². The molecule has 3 unspecified atom stereocenters. The topological polar surface area (TPSA) is 155 Å². The molecule has 0 aliphatic carbocycles. The van der Waals surface area contributed by atoms with Crippen molar-refractivity contribution in [3.63, 3.8) is 0 Å². The van der Waals surface area contributed by atoms with Crippen molar-refractivity contribution in [3.05, 3.63) is 250 Å². The number of rotatable bonds is 16.